The number of hydrogen-bond donors (Lipinski definition) is 1. The zero-order valence-electron chi connectivity index (χ0n) is 15.6. The topological polar surface area (TPSA) is 24.5 Å². The lowest BCUT2D eigenvalue weighted by Gasteiger charge is -2.35. The van der Waals surface area contributed by atoms with Crippen LogP contribution in [0.2, 0.25) is 0 Å². The molecule has 0 radical (unpaired) electrons. The van der Waals surface area contributed by atoms with Gasteiger partial charge in [0, 0.05) is 27.6 Å². The largest absolute Gasteiger partial charge is 0.392 e. The van der Waals surface area contributed by atoms with Gasteiger partial charge in [-0.3, -0.25) is 0 Å². The molecule has 0 aromatic heterocycles. The minimum absolute atomic E-state index is 0. The molecule has 0 aromatic carbocycles. The van der Waals surface area contributed by atoms with E-state index in [2.05, 4.69) is 30.6 Å². The Hall–Kier alpha value is 0.190. The minimum atomic E-state index is 0. The summed E-state index contributed by atoms with van der Waals surface area (Å²) in [5.74, 6) is 0.797. The van der Waals surface area contributed by atoms with Crippen molar-refractivity contribution in [2.45, 2.75) is 77.9 Å². The molecule has 2 fully saturated rings. The summed E-state index contributed by atoms with van der Waals surface area (Å²) >= 11 is 0. The van der Waals surface area contributed by atoms with Gasteiger partial charge < -0.3 is 15.0 Å². The highest BCUT2D eigenvalue weighted by Crippen LogP contribution is 2.24. The molecule has 1 N–H and O–H groups in total. The number of nitrogens with zero attached hydrogens (tertiary/aromatic N) is 1. The van der Waals surface area contributed by atoms with Gasteiger partial charge >= 0.3 is 0 Å². The molecule has 1 aliphatic heterocycles. The predicted octanol–water partition coefficient (Wildman–Crippen LogP) is 5.06. The van der Waals surface area contributed by atoms with E-state index in [0.29, 0.717) is 12.2 Å². The Balaban J connectivity index is 0. The van der Waals surface area contributed by atoms with Gasteiger partial charge in [0.2, 0.25) is 0 Å². The SMILES string of the molecule is C=CNCC.CC(C)CN1CCC(OC2CCCCC2)CC1.I.[HH]. The van der Waals surface area contributed by atoms with E-state index in [1.54, 1.807) is 6.20 Å². The second-order valence-corrected chi connectivity index (χ2v) is 7.05. The average Bonchev–Trinajstić information content (AvgIpc) is 2.51. The molecule has 1 saturated heterocycles. The van der Waals surface area contributed by atoms with Crippen LogP contribution in [0, 0.1) is 5.92 Å². The normalized spacial score (nSPS) is 20.3. The summed E-state index contributed by atoms with van der Waals surface area (Å²) in [6.45, 7) is 14.8. The molecule has 1 saturated carbocycles. The first-order chi connectivity index (χ1) is 10.7. The van der Waals surface area contributed by atoms with Crippen LogP contribution in [0.4, 0.5) is 0 Å². The van der Waals surface area contributed by atoms with Gasteiger partial charge in [0.05, 0.1) is 12.2 Å². The van der Waals surface area contributed by atoms with Crippen molar-refractivity contribution < 1.29 is 6.16 Å². The smallest absolute Gasteiger partial charge is 0.0603 e. The lowest BCUT2D eigenvalue weighted by atomic mass is 9.97. The third kappa shape index (κ3) is 11.4. The van der Waals surface area contributed by atoms with E-state index < -0.39 is 0 Å². The van der Waals surface area contributed by atoms with Crippen molar-refractivity contribution in [3.05, 3.63) is 12.8 Å². The zero-order valence-corrected chi connectivity index (χ0v) is 17.9. The molecule has 3 nitrogen and oxygen atoms in total. The number of ether oxygens (including phenoxy) is 1. The van der Waals surface area contributed by atoms with Crippen molar-refractivity contribution in [3.8, 4) is 0 Å². The molecule has 1 heterocycles. The number of hydrogen-bond acceptors (Lipinski definition) is 3. The molecule has 23 heavy (non-hydrogen) atoms. The van der Waals surface area contributed by atoms with Gasteiger partial charge in [-0.15, -0.1) is 24.0 Å². The van der Waals surface area contributed by atoms with Crippen molar-refractivity contribution >= 4 is 24.0 Å². The van der Waals surface area contributed by atoms with Crippen LogP contribution in [0.3, 0.4) is 0 Å². The van der Waals surface area contributed by atoms with Crippen molar-refractivity contribution in [3.63, 3.8) is 0 Å². The maximum Gasteiger partial charge on any atom is 0.0603 e. The summed E-state index contributed by atoms with van der Waals surface area (Å²) in [5, 5.41) is 2.88. The second kappa shape index (κ2) is 14.5. The first-order valence-electron chi connectivity index (χ1n) is 9.37. The molecule has 0 aromatic rings. The minimum Gasteiger partial charge on any atom is -0.392 e. The summed E-state index contributed by atoms with van der Waals surface area (Å²) in [5.41, 5.74) is 0. The third-order valence-electron chi connectivity index (χ3n) is 4.44. The Morgan fingerprint density at radius 1 is 1.13 bits per heavy atom. The highest BCUT2D eigenvalue weighted by atomic mass is 127. The van der Waals surface area contributed by atoms with Gasteiger partial charge in [-0.1, -0.05) is 39.7 Å². The predicted molar refractivity (Wildman–Crippen MR) is 114 cm³/mol. The Bertz CT molecular complexity index is 279. The Morgan fingerprint density at radius 3 is 2.13 bits per heavy atom. The van der Waals surface area contributed by atoms with Crippen molar-refractivity contribution in [1.82, 2.24) is 10.2 Å². The number of likely N-dealkylation sites (tertiary alicyclic amines) is 1. The molecule has 1 aliphatic carbocycles. The van der Waals surface area contributed by atoms with Gasteiger partial charge in [0.15, 0.2) is 0 Å². The molecule has 0 bridgehead atoms. The highest BCUT2D eigenvalue weighted by molar-refractivity contribution is 14.0. The molecule has 0 amide bonds. The van der Waals surface area contributed by atoms with Crippen molar-refractivity contribution in [2.75, 3.05) is 26.2 Å². The maximum atomic E-state index is 6.26. The maximum absolute atomic E-state index is 6.26. The van der Waals surface area contributed by atoms with Crippen LogP contribution in [-0.2, 0) is 4.74 Å². The van der Waals surface area contributed by atoms with Crippen LogP contribution in [0.15, 0.2) is 12.8 Å². The van der Waals surface area contributed by atoms with Gasteiger partial charge in [0.25, 0.3) is 0 Å². The van der Waals surface area contributed by atoms with E-state index in [1.807, 2.05) is 6.92 Å². The number of rotatable bonds is 6. The fourth-order valence-corrected chi connectivity index (χ4v) is 3.36. The molecule has 0 unspecified atom stereocenters. The van der Waals surface area contributed by atoms with E-state index in [1.165, 1.54) is 64.6 Å². The van der Waals surface area contributed by atoms with Crippen LogP contribution in [0.1, 0.15) is 67.1 Å². The van der Waals surface area contributed by atoms with E-state index in [4.69, 9.17) is 4.74 Å². The van der Waals surface area contributed by atoms with Gasteiger partial charge in [0.1, 0.15) is 0 Å². The highest BCUT2D eigenvalue weighted by Gasteiger charge is 2.23. The molecule has 2 aliphatic rings. The fourth-order valence-electron chi connectivity index (χ4n) is 3.36. The van der Waals surface area contributed by atoms with E-state index in [0.717, 1.165) is 12.5 Å². The molecular weight excluding hydrogens is 399 g/mol. The molecule has 0 atom stereocenters. The average molecular weight is 440 g/mol. The summed E-state index contributed by atoms with van der Waals surface area (Å²) in [4.78, 5) is 2.60. The van der Waals surface area contributed by atoms with Crippen LogP contribution in [-0.4, -0.2) is 43.3 Å². The molecule has 140 valence electrons. The van der Waals surface area contributed by atoms with E-state index >= 15 is 0 Å². The number of piperidine rings is 1. The lowest BCUT2D eigenvalue weighted by molar-refractivity contribution is -0.0566. The van der Waals surface area contributed by atoms with Crippen LogP contribution < -0.4 is 5.32 Å². The Morgan fingerprint density at radius 2 is 1.70 bits per heavy atom. The number of nitrogens with one attached hydrogen (secondary N) is 1. The summed E-state index contributed by atoms with van der Waals surface area (Å²) in [6.07, 6.45) is 12.2. The Kier molecular flexibility index (Phi) is 14.6. The summed E-state index contributed by atoms with van der Waals surface area (Å²) in [7, 11) is 0. The quantitative estimate of drug-likeness (QED) is 0.585. The standard InChI is InChI=1S/C15H29NO.C4H9N.HI.H2/c1-13(2)12-16-10-8-15(9-11-16)17-14-6-4-3-5-7-14;1-3-5-4-2;;/h13-15H,3-12H2,1-2H3;3,5H,1,4H2,2H3;2*1H. The Labute approximate surface area is 163 Å². The molecule has 2 rings (SSSR count). The molecule has 4 heteroatoms. The van der Waals surface area contributed by atoms with Crippen LogP contribution >= 0.6 is 24.0 Å². The van der Waals surface area contributed by atoms with E-state index in [9.17, 15) is 0 Å². The molecule has 0 spiro atoms. The summed E-state index contributed by atoms with van der Waals surface area (Å²) in [6, 6.07) is 0. The van der Waals surface area contributed by atoms with Gasteiger partial charge in [-0.25, -0.2) is 0 Å². The number of halogens is 1. The van der Waals surface area contributed by atoms with Crippen molar-refractivity contribution in [2.24, 2.45) is 5.92 Å². The second-order valence-electron chi connectivity index (χ2n) is 7.05. The first kappa shape index (κ1) is 23.2. The third-order valence-corrected chi connectivity index (χ3v) is 4.44. The monoisotopic (exact) mass is 440 g/mol. The summed E-state index contributed by atoms with van der Waals surface area (Å²) < 4.78 is 6.26. The van der Waals surface area contributed by atoms with Crippen LogP contribution in [0.5, 0.6) is 0 Å². The van der Waals surface area contributed by atoms with E-state index in [-0.39, 0.29) is 25.4 Å². The van der Waals surface area contributed by atoms with Gasteiger partial charge in [-0.05, 0) is 44.7 Å². The first-order valence-corrected chi connectivity index (χ1v) is 9.37. The van der Waals surface area contributed by atoms with Crippen molar-refractivity contribution in [1.29, 1.82) is 0 Å². The fraction of sp³-hybridized carbons (Fsp3) is 0.895. The zero-order chi connectivity index (χ0) is 16.2. The lowest BCUT2D eigenvalue weighted by Crippen LogP contribution is -2.40. The molecular formula is C19H41IN2O. The van der Waals surface area contributed by atoms with Gasteiger partial charge in [-0.2, -0.15) is 0 Å². The van der Waals surface area contributed by atoms with Crippen LogP contribution in [0.25, 0.3) is 0 Å².